The minimum atomic E-state index is -0.177. The second-order valence-corrected chi connectivity index (χ2v) is 8.22. The van der Waals surface area contributed by atoms with Crippen LogP contribution in [0.2, 0.25) is 0 Å². The first-order valence-corrected chi connectivity index (χ1v) is 10.6. The van der Waals surface area contributed by atoms with Gasteiger partial charge in [0.1, 0.15) is 11.6 Å². The Bertz CT molecular complexity index is 888. The fourth-order valence-corrected chi connectivity index (χ4v) is 3.93. The lowest BCUT2D eigenvalue weighted by Crippen LogP contribution is -2.41. The lowest BCUT2D eigenvalue weighted by Gasteiger charge is -2.32. The van der Waals surface area contributed by atoms with Gasteiger partial charge < -0.3 is 20.3 Å². The van der Waals surface area contributed by atoms with Gasteiger partial charge in [-0.25, -0.2) is 9.37 Å². The number of hydrogen-bond acceptors (Lipinski definition) is 4. The summed E-state index contributed by atoms with van der Waals surface area (Å²) in [5, 5.41) is 6.75. The highest BCUT2D eigenvalue weighted by atomic mass is 127. The van der Waals surface area contributed by atoms with Gasteiger partial charge in [0.05, 0.1) is 12.7 Å². The van der Waals surface area contributed by atoms with Gasteiger partial charge in [0, 0.05) is 44.8 Å². The number of aliphatic imine (C=N–C) groups is 1. The molecule has 2 fully saturated rings. The van der Waals surface area contributed by atoms with Crippen LogP contribution in [0.4, 0.5) is 10.2 Å². The summed E-state index contributed by atoms with van der Waals surface area (Å²) in [6, 6.07) is 11.1. The monoisotopic (exact) mass is 539 g/mol. The predicted octanol–water partition coefficient (Wildman–Crippen LogP) is 3.46. The van der Waals surface area contributed by atoms with Crippen molar-refractivity contribution in [2.45, 2.75) is 37.8 Å². The van der Waals surface area contributed by atoms with E-state index in [1.165, 1.54) is 6.07 Å². The minimum Gasteiger partial charge on any atom is -0.375 e. The Morgan fingerprint density at radius 3 is 2.77 bits per heavy atom. The van der Waals surface area contributed by atoms with E-state index in [1.807, 2.05) is 12.3 Å². The molecule has 6 nitrogen and oxygen atoms in total. The molecule has 1 aromatic heterocycles. The summed E-state index contributed by atoms with van der Waals surface area (Å²) in [7, 11) is 1.76. The van der Waals surface area contributed by atoms with Crippen molar-refractivity contribution in [1.29, 1.82) is 0 Å². The molecule has 0 amide bonds. The smallest absolute Gasteiger partial charge is 0.191 e. The zero-order chi connectivity index (χ0) is 21.0. The molecule has 1 unspecified atom stereocenters. The molecule has 0 radical (unpaired) electrons. The van der Waals surface area contributed by atoms with E-state index in [0.717, 1.165) is 62.0 Å². The number of hydrogen-bond donors (Lipinski definition) is 2. The Morgan fingerprint density at radius 1 is 1.29 bits per heavy atom. The number of guanidine groups is 1. The lowest BCUT2D eigenvalue weighted by molar-refractivity contribution is 0.0529. The maximum absolute atomic E-state index is 13.6. The van der Waals surface area contributed by atoms with E-state index >= 15 is 0 Å². The first-order chi connectivity index (χ1) is 14.6. The molecule has 168 valence electrons. The largest absolute Gasteiger partial charge is 0.375 e. The second kappa shape index (κ2) is 10.6. The highest BCUT2D eigenvalue weighted by Crippen LogP contribution is 2.47. The van der Waals surface area contributed by atoms with E-state index in [2.05, 4.69) is 44.6 Å². The molecule has 4 rings (SSSR count). The summed E-state index contributed by atoms with van der Waals surface area (Å²) >= 11 is 0. The fraction of sp³-hybridized carbons (Fsp3) is 0.478. The van der Waals surface area contributed by atoms with Gasteiger partial charge in [-0.05, 0) is 49.1 Å². The van der Waals surface area contributed by atoms with E-state index in [4.69, 9.17) is 4.74 Å². The number of halogens is 2. The van der Waals surface area contributed by atoms with Crippen LogP contribution < -0.4 is 15.5 Å². The molecule has 0 spiro atoms. The molecule has 1 saturated heterocycles. The third-order valence-electron chi connectivity index (χ3n) is 5.94. The molecule has 31 heavy (non-hydrogen) atoms. The number of nitrogens with zero attached hydrogens (tertiary/aromatic N) is 3. The summed E-state index contributed by atoms with van der Waals surface area (Å²) in [5.41, 5.74) is 2.16. The van der Waals surface area contributed by atoms with E-state index in [0.29, 0.717) is 6.54 Å². The summed E-state index contributed by atoms with van der Waals surface area (Å²) in [5.74, 6) is 1.55. The van der Waals surface area contributed by atoms with Crippen molar-refractivity contribution in [1.82, 2.24) is 15.6 Å². The molecule has 2 aliphatic rings. The van der Waals surface area contributed by atoms with Crippen LogP contribution in [0.1, 0.15) is 30.9 Å². The lowest BCUT2D eigenvalue weighted by atomic mass is 9.96. The fourth-order valence-electron chi connectivity index (χ4n) is 3.93. The van der Waals surface area contributed by atoms with Crippen LogP contribution in [-0.4, -0.2) is 50.3 Å². The summed E-state index contributed by atoms with van der Waals surface area (Å²) < 4.78 is 19.2. The molecule has 1 saturated carbocycles. The van der Waals surface area contributed by atoms with Crippen LogP contribution in [-0.2, 0) is 16.7 Å². The number of rotatable bonds is 6. The number of ether oxygens (including phenoxy) is 1. The quantitative estimate of drug-likeness (QED) is 0.335. The van der Waals surface area contributed by atoms with Gasteiger partial charge in [-0.3, -0.25) is 4.99 Å². The number of anilines is 1. The summed E-state index contributed by atoms with van der Waals surface area (Å²) in [4.78, 5) is 11.2. The predicted molar refractivity (Wildman–Crippen MR) is 133 cm³/mol. The summed E-state index contributed by atoms with van der Waals surface area (Å²) in [6.07, 6.45) is 4.27. The van der Waals surface area contributed by atoms with E-state index in [9.17, 15) is 4.39 Å². The highest BCUT2D eigenvalue weighted by Gasteiger charge is 2.44. The van der Waals surface area contributed by atoms with Crippen molar-refractivity contribution in [3.05, 3.63) is 59.5 Å². The molecule has 1 atom stereocenters. The Balaban J connectivity index is 0.00000272. The Hall–Kier alpha value is -1.94. The molecule has 2 N–H and O–H groups in total. The number of aromatic nitrogens is 1. The third kappa shape index (κ3) is 6.06. The molecule has 8 heteroatoms. The summed E-state index contributed by atoms with van der Waals surface area (Å²) in [6.45, 7) is 5.95. The average Bonchev–Trinajstić information content (AvgIpc) is 3.55. The molecule has 0 bridgehead atoms. The zero-order valence-corrected chi connectivity index (χ0v) is 20.4. The molecule has 1 aliphatic carbocycles. The van der Waals surface area contributed by atoms with E-state index < -0.39 is 0 Å². The number of nitrogens with one attached hydrogen (secondary N) is 2. The molecule has 2 heterocycles. The van der Waals surface area contributed by atoms with Crippen LogP contribution >= 0.6 is 24.0 Å². The third-order valence-corrected chi connectivity index (χ3v) is 5.94. The molecular weight excluding hydrogens is 508 g/mol. The van der Waals surface area contributed by atoms with Crippen molar-refractivity contribution >= 4 is 35.8 Å². The topological polar surface area (TPSA) is 61.8 Å². The van der Waals surface area contributed by atoms with Crippen LogP contribution in [0.5, 0.6) is 0 Å². The van der Waals surface area contributed by atoms with Crippen molar-refractivity contribution in [2.75, 3.05) is 38.2 Å². The van der Waals surface area contributed by atoms with Crippen molar-refractivity contribution in [3.8, 4) is 0 Å². The number of benzene rings is 1. The molecule has 1 aliphatic heterocycles. The van der Waals surface area contributed by atoms with Gasteiger partial charge >= 0.3 is 0 Å². The number of pyridine rings is 1. The average molecular weight is 539 g/mol. The van der Waals surface area contributed by atoms with Gasteiger partial charge in [0.2, 0.25) is 0 Å². The Labute approximate surface area is 200 Å². The van der Waals surface area contributed by atoms with Gasteiger partial charge in [-0.15, -0.1) is 24.0 Å². The maximum atomic E-state index is 13.6. The second-order valence-electron chi connectivity index (χ2n) is 8.22. The zero-order valence-electron chi connectivity index (χ0n) is 18.1. The van der Waals surface area contributed by atoms with Crippen LogP contribution in [0, 0.1) is 5.82 Å². The normalized spacial score (nSPS) is 20.0. The molecular formula is C23H31FIN5O. The van der Waals surface area contributed by atoms with Gasteiger partial charge in [0.15, 0.2) is 5.96 Å². The van der Waals surface area contributed by atoms with Gasteiger partial charge in [0.25, 0.3) is 0 Å². The first-order valence-electron chi connectivity index (χ1n) is 10.6. The van der Waals surface area contributed by atoms with Crippen molar-refractivity contribution in [3.63, 3.8) is 0 Å². The maximum Gasteiger partial charge on any atom is 0.191 e. The van der Waals surface area contributed by atoms with Crippen LogP contribution in [0.25, 0.3) is 0 Å². The SMILES string of the molecule is CN=C(NCc1ccc(N2CCOC(C)C2)nc1)NCC1(c2cccc(F)c2)CC1.I. The van der Waals surface area contributed by atoms with Crippen LogP contribution in [0.3, 0.4) is 0 Å². The van der Waals surface area contributed by atoms with E-state index in [-0.39, 0.29) is 41.3 Å². The van der Waals surface area contributed by atoms with Gasteiger partial charge in [-0.1, -0.05) is 18.2 Å². The first kappa shape index (κ1) is 23.7. The van der Waals surface area contributed by atoms with Crippen molar-refractivity contribution in [2.24, 2.45) is 4.99 Å². The Morgan fingerprint density at radius 2 is 2.13 bits per heavy atom. The molecule has 2 aromatic rings. The van der Waals surface area contributed by atoms with Crippen molar-refractivity contribution < 1.29 is 9.13 Å². The van der Waals surface area contributed by atoms with Crippen LogP contribution in [0.15, 0.2) is 47.6 Å². The van der Waals surface area contributed by atoms with E-state index in [1.54, 1.807) is 19.2 Å². The van der Waals surface area contributed by atoms with Gasteiger partial charge in [-0.2, -0.15) is 0 Å². The number of morpholine rings is 1. The molecule has 1 aromatic carbocycles. The Kier molecular flexibility index (Phi) is 8.10. The highest BCUT2D eigenvalue weighted by molar-refractivity contribution is 14.0. The standard InChI is InChI=1S/C23H30FN5O.HI/c1-17-15-29(10-11-30-17)21-7-6-18(13-26-21)14-27-22(25-2)28-16-23(8-9-23)19-4-3-5-20(24)12-19;/h3-7,12-13,17H,8-11,14-16H2,1-2H3,(H2,25,27,28);1H. The minimum absolute atomic E-state index is 0.